The van der Waals surface area contributed by atoms with E-state index in [4.69, 9.17) is 0 Å². The Labute approximate surface area is 71.5 Å². The summed E-state index contributed by atoms with van der Waals surface area (Å²) < 4.78 is 0. The lowest BCUT2D eigenvalue weighted by Gasteiger charge is -2.29. The van der Waals surface area contributed by atoms with Crippen LogP contribution in [0.5, 0.6) is 0 Å². The quantitative estimate of drug-likeness (QED) is 0.412. The van der Waals surface area contributed by atoms with Crippen LogP contribution in [0.25, 0.3) is 0 Å². The van der Waals surface area contributed by atoms with Crippen LogP contribution in [-0.4, -0.2) is 36.8 Å². The first-order chi connectivity index (χ1) is 5.70. The number of carbonyl (C=O) groups excluding carboxylic acids is 1. The van der Waals surface area contributed by atoms with Crippen LogP contribution in [0.4, 0.5) is 0 Å². The van der Waals surface area contributed by atoms with Crippen molar-refractivity contribution in [2.24, 2.45) is 5.92 Å². The molecule has 0 aromatic rings. The Morgan fingerprint density at radius 2 is 2.33 bits per heavy atom. The Hall–Kier alpha value is -0.650. The SMILES string of the molecule is CC1NN(C)C2NCNC(=O)C12. The molecule has 2 aliphatic heterocycles. The molecular formula is C7H14N4O. The molecule has 12 heavy (non-hydrogen) atoms. The monoisotopic (exact) mass is 170 g/mol. The van der Waals surface area contributed by atoms with Crippen LogP contribution in [0.15, 0.2) is 0 Å². The maximum Gasteiger partial charge on any atom is 0.228 e. The van der Waals surface area contributed by atoms with Crippen molar-refractivity contribution in [1.82, 2.24) is 21.1 Å². The van der Waals surface area contributed by atoms with Gasteiger partial charge in [-0.3, -0.25) is 15.5 Å². The number of fused-ring (bicyclic) bond motifs is 1. The van der Waals surface area contributed by atoms with Crippen LogP contribution in [0, 0.1) is 5.92 Å². The predicted molar refractivity (Wildman–Crippen MR) is 43.8 cm³/mol. The van der Waals surface area contributed by atoms with Gasteiger partial charge >= 0.3 is 0 Å². The molecule has 0 saturated carbocycles. The summed E-state index contributed by atoms with van der Waals surface area (Å²) in [6.07, 6.45) is 0.147. The number of hydrogen-bond acceptors (Lipinski definition) is 4. The second-order valence-corrected chi connectivity index (χ2v) is 3.42. The summed E-state index contributed by atoms with van der Waals surface area (Å²) in [5.41, 5.74) is 3.20. The lowest BCUT2D eigenvalue weighted by molar-refractivity contribution is -0.128. The molecule has 5 heteroatoms. The number of nitrogens with one attached hydrogen (secondary N) is 3. The molecule has 0 aromatic heterocycles. The van der Waals surface area contributed by atoms with E-state index in [9.17, 15) is 4.79 Å². The highest BCUT2D eigenvalue weighted by atomic mass is 16.2. The van der Waals surface area contributed by atoms with Crippen molar-refractivity contribution in [3.05, 3.63) is 0 Å². The normalized spacial score (nSPS) is 42.5. The number of carbonyl (C=O) groups is 1. The van der Waals surface area contributed by atoms with Gasteiger partial charge in [-0.2, -0.15) is 0 Å². The second-order valence-electron chi connectivity index (χ2n) is 3.42. The first-order valence-corrected chi connectivity index (χ1v) is 4.20. The van der Waals surface area contributed by atoms with Gasteiger partial charge < -0.3 is 5.32 Å². The average molecular weight is 170 g/mol. The Kier molecular flexibility index (Phi) is 1.79. The van der Waals surface area contributed by atoms with E-state index in [1.54, 1.807) is 0 Å². The van der Waals surface area contributed by atoms with Crippen LogP contribution in [0.3, 0.4) is 0 Å². The summed E-state index contributed by atoms with van der Waals surface area (Å²) in [7, 11) is 1.95. The van der Waals surface area contributed by atoms with Crippen LogP contribution in [0.1, 0.15) is 6.92 Å². The molecule has 3 atom stereocenters. The molecule has 1 amide bonds. The van der Waals surface area contributed by atoms with Gasteiger partial charge in [0.15, 0.2) is 0 Å². The smallest absolute Gasteiger partial charge is 0.228 e. The molecule has 2 saturated heterocycles. The molecule has 0 bridgehead atoms. The lowest BCUT2D eigenvalue weighted by Crippen LogP contribution is -2.58. The molecule has 2 aliphatic rings. The van der Waals surface area contributed by atoms with Crippen molar-refractivity contribution in [2.75, 3.05) is 13.7 Å². The number of rotatable bonds is 0. The third-order valence-corrected chi connectivity index (χ3v) is 2.58. The molecule has 2 rings (SSSR count). The molecule has 2 heterocycles. The molecule has 0 aromatic carbocycles. The van der Waals surface area contributed by atoms with E-state index in [0.29, 0.717) is 6.67 Å². The summed E-state index contributed by atoms with van der Waals surface area (Å²) >= 11 is 0. The van der Waals surface area contributed by atoms with E-state index in [-0.39, 0.29) is 24.0 Å². The maximum atomic E-state index is 11.4. The highest BCUT2D eigenvalue weighted by Crippen LogP contribution is 2.20. The molecule has 2 fully saturated rings. The topological polar surface area (TPSA) is 56.4 Å². The fourth-order valence-electron chi connectivity index (χ4n) is 1.99. The van der Waals surface area contributed by atoms with Gasteiger partial charge in [-0.25, -0.2) is 5.01 Å². The Bertz CT molecular complexity index is 208. The Balaban J connectivity index is 2.19. The molecule has 0 spiro atoms. The van der Waals surface area contributed by atoms with Gasteiger partial charge in [-0.05, 0) is 6.92 Å². The largest absolute Gasteiger partial charge is 0.343 e. The standard InChI is InChI=1S/C7H14N4O/c1-4-5-6(11(2)10-4)8-3-9-7(5)12/h4-6,8,10H,3H2,1-2H3,(H,9,12). The summed E-state index contributed by atoms with van der Waals surface area (Å²) in [5, 5.41) is 7.98. The fraction of sp³-hybridized carbons (Fsp3) is 0.857. The zero-order chi connectivity index (χ0) is 8.72. The molecule has 3 N–H and O–H groups in total. The maximum absolute atomic E-state index is 11.4. The first-order valence-electron chi connectivity index (χ1n) is 4.20. The Morgan fingerprint density at radius 1 is 1.58 bits per heavy atom. The van der Waals surface area contributed by atoms with E-state index in [1.165, 1.54) is 0 Å². The minimum Gasteiger partial charge on any atom is -0.343 e. The van der Waals surface area contributed by atoms with Gasteiger partial charge in [0.05, 0.1) is 18.8 Å². The van der Waals surface area contributed by atoms with Gasteiger partial charge in [0, 0.05) is 13.1 Å². The van der Waals surface area contributed by atoms with E-state index < -0.39 is 0 Å². The molecule has 5 nitrogen and oxygen atoms in total. The predicted octanol–water partition coefficient (Wildman–Crippen LogP) is -1.56. The van der Waals surface area contributed by atoms with Crippen molar-refractivity contribution in [3.8, 4) is 0 Å². The van der Waals surface area contributed by atoms with E-state index in [1.807, 2.05) is 19.0 Å². The second kappa shape index (κ2) is 2.69. The third-order valence-electron chi connectivity index (χ3n) is 2.58. The van der Waals surface area contributed by atoms with E-state index >= 15 is 0 Å². The van der Waals surface area contributed by atoms with Gasteiger partial charge in [-0.15, -0.1) is 0 Å². The van der Waals surface area contributed by atoms with Crippen LogP contribution < -0.4 is 16.1 Å². The van der Waals surface area contributed by atoms with Gasteiger partial charge in [0.25, 0.3) is 0 Å². The van der Waals surface area contributed by atoms with Crippen LogP contribution >= 0.6 is 0 Å². The number of nitrogens with zero attached hydrogens (tertiary/aromatic N) is 1. The minimum absolute atomic E-state index is 0.0312. The van der Waals surface area contributed by atoms with Crippen molar-refractivity contribution < 1.29 is 4.79 Å². The zero-order valence-electron chi connectivity index (χ0n) is 7.29. The third kappa shape index (κ3) is 1.01. The summed E-state index contributed by atoms with van der Waals surface area (Å²) in [4.78, 5) is 11.4. The molecule has 68 valence electrons. The van der Waals surface area contributed by atoms with Gasteiger partial charge in [0.2, 0.25) is 5.91 Å². The number of hydrazine groups is 1. The van der Waals surface area contributed by atoms with E-state index in [0.717, 1.165) is 0 Å². The fourth-order valence-corrected chi connectivity index (χ4v) is 1.99. The molecule has 3 unspecified atom stereocenters. The van der Waals surface area contributed by atoms with Gasteiger partial charge in [0.1, 0.15) is 0 Å². The molecule has 0 radical (unpaired) electrons. The average Bonchev–Trinajstić information content (AvgIpc) is 2.29. The number of hydrogen-bond donors (Lipinski definition) is 3. The summed E-state index contributed by atoms with van der Waals surface area (Å²) in [5.74, 6) is 0.173. The summed E-state index contributed by atoms with van der Waals surface area (Å²) in [6, 6.07) is 0.216. The Morgan fingerprint density at radius 3 is 3.00 bits per heavy atom. The highest BCUT2D eigenvalue weighted by Gasteiger charge is 2.43. The van der Waals surface area contributed by atoms with Crippen LogP contribution in [0.2, 0.25) is 0 Å². The van der Waals surface area contributed by atoms with Crippen molar-refractivity contribution >= 4 is 5.91 Å². The summed E-state index contributed by atoms with van der Waals surface area (Å²) in [6.45, 7) is 2.59. The van der Waals surface area contributed by atoms with Crippen molar-refractivity contribution in [1.29, 1.82) is 0 Å². The molecule has 0 aliphatic carbocycles. The lowest BCUT2D eigenvalue weighted by atomic mass is 9.98. The first kappa shape index (κ1) is 7.97. The molecular weight excluding hydrogens is 156 g/mol. The number of amides is 1. The van der Waals surface area contributed by atoms with Crippen molar-refractivity contribution in [3.63, 3.8) is 0 Å². The van der Waals surface area contributed by atoms with Crippen molar-refractivity contribution in [2.45, 2.75) is 19.1 Å². The highest BCUT2D eigenvalue weighted by molar-refractivity contribution is 5.81. The zero-order valence-corrected chi connectivity index (χ0v) is 7.29. The van der Waals surface area contributed by atoms with Gasteiger partial charge in [-0.1, -0.05) is 0 Å². The minimum atomic E-state index is 0.0312. The van der Waals surface area contributed by atoms with E-state index in [2.05, 4.69) is 16.1 Å². The van der Waals surface area contributed by atoms with Crippen LogP contribution in [-0.2, 0) is 4.79 Å².